The highest BCUT2D eigenvalue weighted by Gasteiger charge is 2.24. The van der Waals surface area contributed by atoms with E-state index in [1.54, 1.807) is 14.2 Å². The fourth-order valence-corrected chi connectivity index (χ4v) is 2.88. The predicted molar refractivity (Wildman–Crippen MR) is 93.4 cm³/mol. The van der Waals surface area contributed by atoms with Gasteiger partial charge in [0.05, 0.1) is 18.3 Å². The number of benzene rings is 2. The van der Waals surface area contributed by atoms with E-state index in [0.717, 1.165) is 39.2 Å². The van der Waals surface area contributed by atoms with Gasteiger partial charge in [0.15, 0.2) is 0 Å². The fourth-order valence-electron chi connectivity index (χ4n) is 2.88. The lowest BCUT2D eigenvalue weighted by Gasteiger charge is -2.26. The maximum Gasteiger partial charge on any atom is 0.228 e. The molecule has 0 N–H and O–H groups in total. The molecule has 3 aromatic rings. The first-order valence-electron chi connectivity index (χ1n) is 7.74. The normalized spacial score (nSPS) is 16.2. The lowest BCUT2D eigenvalue weighted by Crippen LogP contribution is -2.13. The van der Waals surface area contributed by atoms with Gasteiger partial charge in [-0.1, -0.05) is 30.3 Å². The van der Waals surface area contributed by atoms with E-state index >= 15 is 0 Å². The first-order valence-corrected chi connectivity index (χ1v) is 7.74. The SMILES string of the molecule is COc1ccc2nc3c(cc2c1)C(OC)OC(c1ccccc1)=C3. The van der Waals surface area contributed by atoms with Crippen molar-refractivity contribution in [3.63, 3.8) is 0 Å². The molecule has 0 saturated heterocycles. The van der Waals surface area contributed by atoms with Gasteiger partial charge in [0.2, 0.25) is 6.29 Å². The lowest BCUT2D eigenvalue weighted by atomic mass is 10.0. The molecule has 2 heterocycles. The zero-order valence-corrected chi connectivity index (χ0v) is 13.5. The number of rotatable bonds is 3. The molecule has 0 spiro atoms. The molecule has 1 aromatic heterocycles. The summed E-state index contributed by atoms with van der Waals surface area (Å²) in [6.07, 6.45) is 1.48. The standard InChI is InChI=1S/C20H17NO3/c1-22-15-8-9-17-14(10-15)11-16-18(21-17)12-19(24-20(16)23-2)13-6-4-3-5-7-13/h3-12,20H,1-2H3. The Bertz CT molecular complexity index is 919. The van der Waals surface area contributed by atoms with Crippen LogP contribution in [0.1, 0.15) is 23.1 Å². The molecule has 4 rings (SSSR count). The van der Waals surface area contributed by atoms with Gasteiger partial charge in [0.1, 0.15) is 11.5 Å². The van der Waals surface area contributed by atoms with Crippen LogP contribution in [0, 0.1) is 0 Å². The summed E-state index contributed by atoms with van der Waals surface area (Å²) in [5, 5.41) is 0.996. The number of fused-ring (bicyclic) bond motifs is 2. The Morgan fingerprint density at radius 2 is 1.83 bits per heavy atom. The molecule has 24 heavy (non-hydrogen) atoms. The summed E-state index contributed by atoms with van der Waals surface area (Å²) in [7, 11) is 3.29. The second-order valence-corrected chi connectivity index (χ2v) is 5.58. The van der Waals surface area contributed by atoms with Gasteiger partial charge < -0.3 is 14.2 Å². The highest BCUT2D eigenvalue weighted by atomic mass is 16.7. The Morgan fingerprint density at radius 1 is 1.00 bits per heavy atom. The van der Waals surface area contributed by atoms with Crippen molar-refractivity contribution in [1.82, 2.24) is 4.98 Å². The van der Waals surface area contributed by atoms with Crippen molar-refractivity contribution in [1.29, 1.82) is 0 Å². The number of pyridine rings is 1. The summed E-state index contributed by atoms with van der Waals surface area (Å²) >= 11 is 0. The topological polar surface area (TPSA) is 40.6 Å². The van der Waals surface area contributed by atoms with Crippen LogP contribution in [-0.2, 0) is 9.47 Å². The second-order valence-electron chi connectivity index (χ2n) is 5.58. The Balaban J connectivity index is 1.87. The minimum atomic E-state index is -0.483. The lowest BCUT2D eigenvalue weighted by molar-refractivity contribution is -0.0767. The van der Waals surface area contributed by atoms with Gasteiger partial charge in [-0.3, -0.25) is 0 Å². The van der Waals surface area contributed by atoms with E-state index in [9.17, 15) is 0 Å². The zero-order chi connectivity index (χ0) is 16.5. The van der Waals surface area contributed by atoms with Crippen molar-refractivity contribution in [2.24, 2.45) is 0 Å². The summed E-state index contributed by atoms with van der Waals surface area (Å²) in [6.45, 7) is 0. The van der Waals surface area contributed by atoms with Gasteiger partial charge in [-0.05, 0) is 24.3 Å². The summed E-state index contributed by atoms with van der Waals surface area (Å²) in [6, 6.07) is 17.9. The van der Waals surface area contributed by atoms with Crippen LogP contribution in [0.2, 0.25) is 0 Å². The molecule has 2 aromatic carbocycles. The molecular formula is C20H17NO3. The van der Waals surface area contributed by atoms with E-state index in [2.05, 4.69) is 0 Å². The number of hydrogen-bond donors (Lipinski definition) is 0. The molecule has 4 nitrogen and oxygen atoms in total. The van der Waals surface area contributed by atoms with Crippen LogP contribution in [0.15, 0.2) is 54.6 Å². The molecule has 0 amide bonds. The molecular weight excluding hydrogens is 302 g/mol. The molecule has 0 bridgehead atoms. The fraction of sp³-hybridized carbons (Fsp3) is 0.150. The Morgan fingerprint density at radius 3 is 2.58 bits per heavy atom. The minimum absolute atomic E-state index is 0.483. The molecule has 4 heteroatoms. The zero-order valence-electron chi connectivity index (χ0n) is 13.5. The van der Waals surface area contributed by atoms with Crippen molar-refractivity contribution in [3.05, 3.63) is 71.4 Å². The molecule has 1 aliphatic heterocycles. The minimum Gasteiger partial charge on any atom is -0.497 e. The van der Waals surface area contributed by atoms with Crippen LogP contribution in [0.25, 0.3) is 22.7 Å². The Labute approximate surface area is 140 Å². The molecule has 1 aliphatic rings. The van der Waals surface area contributed by atoms with E-state index in [1.165, 1.54) is 0 Å². The smallest absolute Gasteiger partial charge is 0.228 e. The summed E-state index contributed by atoms with van der Waals surface area (Å²) in [4.78, 5) is 4.77. The second kappa shape index (κ2) is 5.98. The number of hydrogen-bond acceptors (Lipinski definition) is 4. The monoisotopic (exact) mass is 319 g/mol. The van der Waals surface area contributed by atoms with E-state index in [0.29, 0.717) is 0 Å². The number of methoxy groups -OCH3 is 2. The van der Waals surface area contributed by atoms with Crippen molar-refractivity contribution in [2.75, 3.05) is 14.2 Å². The van der Waals surface area contributed by atoms with E-state index in [1.807, 2.05) is 60.7 Å². The van der Waals surface area contributed by atoms with Crippen LogP contribution in [-0.4, -0.2) is 19.2 Å². The number of ether oxygens (including phenoxy) is 3. The molecule has 0 saturated carbocycles. The van der Waals surface area contributed by atoms with E-state index < -0.39 is 6.29 Å². The van der Waals surface area contributed by atoms with E-state index in [-0.39, 0.29) is 0 Å². The first-order chi connectivity index (χ1) is 11.8. The maximum atomic E-state index is 6.02. The van der Waals surface area contributed by atoms with Crippen molar-refractivity contribution in [2.45, 2.75) is 6.29 Å². The molecule has 1 atom stereocenters. The maximum absolute atomic E-state index is 6.02. The summed E-state index contributed by atoms with van der Waals surface area (Å²) in [5.74, 6) is 1.56. The number of aromatic nitrogens is 1. The van der Waals surface area contributed by atoms with Gasteiger partial charge in [0.25, 0.3) is 0 Å². The Hall–Kier alpha value is -2.85. The molecule has 0 aliphatic carbocycles. The molecule has 0 radical (unpaired) electrons. The third-order valence-corrected chi connectivity index (χ3v) is 4.11. The number of nitrogens with zero attached hydrogens (tertiary/aromatic N) is 1. The highest BCUT2D eigenvalue weighted by molar-refractivity contribution is 5.86. The van der Waals surface area contributed by atoms with Crippen molar-refractivity contribution in [3.8, 4) is 5.75 Å². The van der Waals surface area contributed by atoms with Gasteiger partial charge in [-0.15, -0.1) is 0 Å². The summed E-state index contributed by atoms with van der Waals surface area (Å²) in [5.41, 5.74) is 3.69. The van der Waals surface area contributed by atoms with Crippen LogP contribution in [0.3, 0.4) is 0 Å². The van der Waals surface area contributed by atoms with Crippen LogP contribution >= 0.6 is 0 Å². The van der Waals surface area contributed by atoms with Crippen LogP contribution in [0.4, 0.5) is 0 Å². The predicted octanol–water partition coefficient (Wildman–Crippen LogP) is 4.42. The molecule has 1 unspecified atom stereocenters. The summed E-state index contributed by atoms with van der Waals surface area (Å²) < 4.78 is 16.9. The third kappa shape index (κ3) is 2.51. The van der Waals surface area contributed by atoms with Crippen LogP contribution in [0.5, 0.6) is 5.75 Å². The molecule has 120 valence electrons. The van der Waals surface area contributed by atoms with E-state index in [4.69, 9.17) is 19.2 Å². The van der Waals surface area contributed by atoms with Gasteiger partial charge in [-0.25, -0.2) is 4.98 Å². The van der Waals surface area contributed by atoms with Crippen molar-refractivity contribution >= 4 is 22.7 Å². The van der Waals surface area contributed by atoms with Crippen molar-refractivity contribution < 1.29 is 14.2 Å². The first kappa shape index (κ1) is 14.7. The third-order valence-electron chi connectivity index (χ3n) is 4.11. The molecule has 0 fully saturated rings. The quantitative estimate of drug-likeness (QED) is 0.716. The highest BCUT2D eigenvalue weighted by Crippen LogP contribution is 2.37. The van der Waals surface area contributed by atoms with Crippen LogP contribution < -0.4 is 4.74 Å². The average Bonchev–Trinajstić information content (AvgIpc) is 2.65. The Kier molecular flexibility index (Phi) is 3.67. The largest absolute Gasteiger partial charge is 0.497 e. The van der Waals surface area contributed by atoms with Gasteiger partial charge >= 0.3 is 0 Å². The van der Waals surface area contributed by atoms with Gasteiger partial charge in [-0.2, -0.15) is 0 Å². The average molecular weight is 319 g/mol. The van der Waals surface area contributed by atoms with Gasteiger partial charge in [0, 0.05) is 29.7 Å².